The molecule has 0 aliphatic rings. The lowest BCUT2D eigenvalue weighted by atomic mass is 10.2. The Morgan fingerprint density at radius 2 is 1.81 bits per heavy atom. The number of fused-ring (bicyclic) bond motifs is 1. The van der Waals surface area contributed by atoms with E-state index in [1.54, 1.807) is 16.4 Å². The van der Waals surface area contributed by atoms with Crippen LogP contribution in [-0.2, 0) is 16.1 Å². The molecule has 0 saturated heterocycles. The van der Waals surface area contributed by atoms with E-state index < -0.39 is 6.04 Å². The number of hydrogen-bond acceptors (Lipinski definition) is 8. The zero-order valence-electron chi connectivity index (χ0n) is 17.9. The predicted octanol–water partition coefficient (Wildman–Crippen LogP) is 3.64. The third-order valence-electron chi connectivity index (χ3n) is 4.98. The molecule has 2 aromatic carbocycles. The minimum absolute atomic E-state index is 0.344. The summed E-state index contributed by atoms with van der Waals surface area (Å²) in [6.07, 6.45) is 2.60. The molecule has 0 saturated carbocycles. The first kappa shape index (κ1) is 21.8. The normalized spacial score (nSPS) is 11.9. The van der Waals surface area contributed by atoms with Gasteiger partial charge < -0.3 is 10.1 Å². The van der Waals surface area contributed by atoms with Gasteiger partial charge in [-0.25, -0.2) is 19.4 Å². The SMILES string of the molecule is COC(=O)C(CCSC)Nc1nc(-c2ccccc2)nc2c1nnn2Cc1ccccc1. The second kappa shape index (κ2) is 10.2. The number of aromatic nitrogens is 5. The number of rotatable bonds is 9. The van der Waals surface area contributed by atoms with Gasteiger partial charge in [-0.15, -0.1) is 5.10 Å². The van der Waals surface area contributed by atoms with E-state index in [0.29, 0.717) is 35.8 Å². The first-order valence-electron chi connectivity index (χ1n) is 10.2. The third kappa shape index (κ3) is 4.88. The van der Waals surface area contributed by atoms with Crippen molar-refractivity contribution >= 4 is 34.7 Å². The van der Waals surface area contributed by atoms with Crippen LogP contribution in [-0.4, -0.2) is 56.1 Å². The van der Waals surface area contributed by atoms with Crippen molar-refractivity contribution in [1.29, 1.82) is 0 Å². The molecule has 0 bridgehead atoms. The second-order valence-corrected chi connectivity index (χ2v) is 8.15. The van der Waals surface area contributed by atoms with Gasteiger partial charge in [-0.2, -0.15) is 11.8 Å². The van der Waals surface area contributed by atoms with Crippen LogP contribution in [0.2, 0.25) is 0 Å². The summed E-state index contributed by atoms with van der Waals surface area (Å²) in [6.45, 7) is 0.523. The average molecular weight is 449 g/mol. The first-order chi connectivity index (χ1) is 15.7. The number of nitrogens with zero attached hydrogens (tertiary/aromatic N) is 5. The summed E-state index contributed by atoms with van der Waals surface area (Å²) in [4.78, 5) is 21.8. The van der Waals surface area contributed by atoms with Crippen molar-refractivity contribution in [1.82, 2.24) is 25.0 Å². The standard InChI is InChI=1S/C23H24N6O2S/c1-31-23(30)18(13-14-32-2)24-21-19-22(26-20(25-21)17-11-7-4-8-12-17)29(28-27-19)15-16-9-5-3-6-10-16/h3-12,18H,13-15H2,1-2H3,(H,24,25,26). The van der Waals surface area contributed by atoms with E-state index in [9.17, 15) is 4.79 Å². The lowest BCUT2D eigenvalue weighted by molar-refractivity contribution is -0.141. The highest BCUT2D eigenvalue weighted by Crippen LogP contribution is 2.25. The molecule has 8 nitrogen and oxygen atoms in total. The molecule has 4 aromatic rings. The Bertz CT molecular complexity index is 1180. The van der Waals surface area contributed by atoms with Crippen molar-refractivity contribution in [2.24, 2.45) is 0 Å². The number of nitrogens with one attached hydrogen (secondary N) is 1. The van der Waals surface area contributed by atoms with Crippen molar-refractivity contribution in [2.75, 3.05) is 24.4 Å². The molecule has 9 heteroatoms. The monoisotopic (exact) mass is 448 g/mol. The summed E-state index contributed by atoms with van der Waals surface area (Å²) in [5.74, 6) is 1.45. The van der Waals surface area contributed by atoms with E-state index in [1.807, 2.05) is 66.9 Å². The Morgan fingerprint density at radius 1 is 1.09 bits per heavy atom. The molecular weight excluding hydrogens is 424 g/mol. The highest BCUT2D eigenvalue weighted by atomic mass is 32.2. The van der Waals surface area contributed by atoms with Crippen LogP contribution >= 0.6 is 11.8 Å². The molecule has 1 atom stereocenters. The Labute approximate surface area is 190 Å². The summed E-state index contributed by atoms with van der Waals surface area (Å²) in [5, 5.41) is 11.9. The number of anilines is 1. The highest BCUT2D eigenvalue weighted by molar-refractivity contribution is 7.98. The number of esters is 1. The molecule has 1 unspecified atom stereocenters. The Morgan fingerprint density at radius 3 is 2.50 bits per heavy atom. The molecule has 0 aliphatic carbocycles. The lowest BCUT2D eigenvalue weighted by Gasteiger charge is -2.17. The predicted molar refractivity (Wildman–Crippen MR) is 127 cm³/mol. The summed E-state index contributed by atoms with van der Waals surface area (Å²) in [5.41, 5.74) is 3.06. The largest absolute Gasteiger partial charge is 0.467 e. The fourth-order valence-electron chi connectivity index (χ4n) is 3.33. The van der Waals surface area contributed by atoms with E-state index in [1.165, 1.54) is 7.11 Å². The zero-order chi connectivity index (χ0) is 22.3. The molecule has 0 radical (unpaired) electrons. The molecule has 4 rings (SSSR count). The molecule has 2 aromatic heterocycles. The van der Waals surface area contributed by atoms with Gasteiger partial charge in [0.15, 0.2) is 22.8 Å². The maximum absolute atomic E-state index is 12.4. The summed E-state index contributed by atoms with van der Waals surface area (Å²) < 4.78 is 6.75. The van der Waals surface area contributed by atoms with Gasteiger partial charge in [0, 0.05) is 5.56 Å². The van der Waals surface area contributed by atoms with Crippen LogP contribution in [0.25, 0.3) is 22.6 Å². The first-order valence-corrected chi connectivity index (χ1v) is 11.6. The van der Waals surface area contributed by atoms with Gasteiger partial charge in [-0.3, -0.25) is 0 Å². The van der Waals surface area contributed by atoms with Crippen molar-refractivity contribution in [2.45, 2.75) is 19.0 Å². The van der Waals surface area contributed by atoms with Crippen LogP contribution in [0.4, 0.5) is 5.82 Å². The van der Waals surface area contributed by atoms with E-state index in [-0.39, 0.29) is 5.97 Å². The molecule has 1 N–H and O–H groups in total. The lowest BCUT2D eigenvalue weighted by Crippen LogP contribution is -2.32. The van der Waals surface area contributed by atoms with Gasteiger partial charge >= 0.3 is 5.97 Å². The Kier molecular flexibility index (Phi) is 6.96. The van der Waals surface area contributed by atoms with Crippen molar-refractivity contribution in [3.63, 3.8) is 0 Å². The number of thioether (sulfide) groups is 1. The van der Waals surface area contributed by atoms with Crippen molar-refractivity contribution in [3.8, 4) is 11.4 Å². The number of carbonyl (C=O) groups excluding carboxylic acids is 1. The van der Waals surface area contributed by atoms with Crippen molar-refractivity contribution in [3.05, 3.63) is 66.2 Å². The molecule has 32 heavy (non-hydrogen) atoms. The fraction of sp³-hybridized carbons (Fsp3) is 0.261. The molecule has 164 valence electrons. The quantitative estimate of drug-likeness (QED) is 0.388. The maximum atomic E-state index is 12.4. The van der Waals surface area contributed by atoms with Gasteiger partial charge in [0.05, 0.1) is 13.7 Å². The minimum Gasteiger partial charge on any atom is -0.467 e. The number of ether oxygens (including phenoxy) is 1. The Hall–Kier alpha value is -3.46. The number of carbonyl (C=O) groups is 1. The van der Waals surface area contributed by atoms with Gasteiger partial charge in [0.2, 0.25) is 0 Å². The highest BCUT2D eigenvalue weighted by Gasteiger charge is 2.23. The molecule has 0 fully saturated rings. The molecule has 0 amide bonds. The van der Waals surface area contributed by atoms with E-state index in [4.69, 9.17) is 14.7 Å². The summed E-state index contributed by atoms with van der Waals surface area (Å²) in [7, 11) is 1.39. The van der Waals surface area contributed by atoms with Crippen LogP contribution in [0.15, 0.2) is 60.7 Å². The fourth-order valence-corrected chi connectivity index (χ4v) is 3.80. The maximum Gasteiger partial charge on any atom is 0.328 e. The topological polar surface area (TPSA) is 94.8 Å². The van der Waals surface area contributed by atoms with E-state index in [0.717, 1.165) is 16.9 Å². The number of benzene rings is 2. The number of methoxy groups -OCH3 is 1. The van der Waals surface area contributed by atoms with Crippen molar-refractivity contribution < 1.29 is 9.53 Å². The van der Waals surface area contributed by atoms with Crippen LogP contribution in [0, 0.1) is 0 Å². The third-order valence-corrected chi connectivity index (χ3v) is 5.62. The smallest absolute Gasteiger partial charge is 0.328 e. The van der Waals surface area contributed by atoms with Crippen LogP contribution in [0.5, 0.6) is 0 Å². The van der Waals surface area contributed by atoms with Gasteiger partial charge in [-0.05, 0) is 24.0 Å². The van der Waals surface area contributed by atoms with Crippen LogP contribution in [0.3, 0.4) is 0 Å². The van der Waals surface area contributed by atoms with Gasteiger partial charge in [0.1, 0.15) is 6.04 Å². The van der Waals surface area contributed by atoms with Gasteiger partial charge in [0.25, 0.3) is 0 Å². The van der Waals surface area contributed by atoms with E-state index >= 15 is 0 Å². The summed E-state index contributed by atoms with van der Waals surface area (Å²) >= 11 is 1.66. The van der Waals surface area contributed by atoms with Gasteiger partial charge in [-0.1, -0.05) is 65.9 Å². The zero-order valence-corrected chi connectivity index (χ0v) is 18.7. The molecule has 2 heterocycles. The molecular formula is C23H24N6O2S. The number of hydrogen-bond donors (Lipinski definition) is 1. The van der Waals surface area contributed by atoms with Crippen LogP contribution < -0.4 is 5.32 Å². The second-order valence-electron chi connectivity index (χ2n) is 7.17. The average Bonchev–Trinajstić information content (AvgIpc) is 3.25. The Balaban J connectivity index is 1.79. The molecule has 0 spiro atoms. The molecule has 0 aliphatic heterocycles. The minimum atomic E-state index is -0.548. The van der Waals surface area contributed by atoms with E-state index in [2.05, 4.69) is 15.6 Å². The summed E-state index contributed by atoms with van der Waals surface area (Å²) in [6, 6.07) is 19.2. The van der Waals surface area contributed by atoms with Crippen LogP contribution in [0.1, 0.15) is 12.0 Å².